The van der Waals surface area contributed by atoms with Gasteiger partial charge in [-0.05, 0) is 29.8 Å². The lowest BCUT2D eigenvalue weighted by Gasteiger charge is -2.11. The lowest BCUT2D eigenvalue weighted by Crippen LogP contribution is -2.27. The van der Waals surface area contributed by atoms with Crippen LogP contribution in [0, 0.1) is 10.1 Å². The predicted molar refractivity (Wildman–Crippen MR) is 147 cm³/mol. The number of nitro groups is 1. The summed E-state index contributed by atoms with van der Waals surface area (Å²) in [6.45, 7) is 1.53. The lowest BCUT2D eigenvalue weighted by molar-refractivity contribution is -0.384. The zero-order valence-electron chi connectivity index (χ0n) is 21.9. The van der Waals surface area contributed by atoms with Crippen molar-refractivity contribution in [1.82, 2.24) is 25.2 Å². The molecule has 0 aliphatic heterocycles. The predicted octanol–water partition coefficient (Wildman–Crippen LogP) is 4.39. The number of hydrogen-bond acceptors (Lipinski definition) is 9. The summed E-state index contributed by atoms with van der Waals surface area (Å²) in [7, 11) is 1.52. The molecule has 2 amide bonds. The number of non-ortho nitro benzene ring substituents is 1. The van der Waals surface area contributed by atoms with E-state index >= 15 is 0 Å². The molecule has 13 nitrogen and oxygen atoms in total. The first kappa shape index (κ1) is 26.7. The molecule has 5 aromatic rings. The highest BCUT2D eigenvalue weighted by atomic mass is 16.6. The second kappa shape index (κ2) is 11.5. The number of hydrogen-bond donors (Lipinski definition) is 2. The van der Waals surface area contributed by atoms with Crippen LogP contribution in [0.2, 0.25) is 0 Å². The topological polar surface area (TPSA) is 167 Å². The molecule has 2 N–H and O–H groups in total. The van der Waals surface area contributed by atoms with Gasteiger partial charge in [-0.25, -0.2) is 4.68 Å². The molecule has 3 aromatic carbocycles. The SMILES string of the molecule is COc1cccc(-n2nc(-c3noc(-c4ccc([N+](=O)[O-])cc4)n3)c(NC(C)=O)c2C(=O)NCc2ccccc2)c1. The first-order valence-electron chi connectivity index (χ1n) is 12.3. The van der Waals surface area contributed by atoms with E-state index in [-0.39, 0.29) is 41.0 Å². The van der Waals surface area contributed by atoms with Crippen LogP contribution in [0.15, 0.2) is 83.4 Å². The summed E-state index contributed by atoms with van der Waals surface area (Å²) >= 11 is 0. The van der Waals surface area contributed by atoms with Gasteiger partial charge in [0.1, 0.15) is 11.4 Å². The summed E-state index contributed by atoms with van der Waals surface area (Å²) in [4.78, 5) is 40.8. The number of nitrogens with zero attached hydrogens (tertiary/aromatic N) is 5. The number of carbonyl (C=O) groups is 2. The Morgan fingerprint density at radius 2 is 1.80 bits per heavy atom. The van der Waals surface area contributed by atoms with Gasteiger partial charge in [-0.1, -0.05) is 41.6 Å². The van der Waals surface area contributed by atoms with E-state index < -0.39 is 16.7 Å². The Kier molecular flexibility index (Phi) is 7.50. The maximum absolute atomic E-state index is 13.7. The van der Waals surface area contributed by atoms with Crippen LogP contribution in [-0.4, -0.2) is 43.8 Å². The van der Waals surface area contributed by atoms with Crippen LogP contribution in [0.3, 0.4) is 0 Å². The number of carbonyl (C=O) groups excluding carboxylic acids is 2. The molecule has 0 aliphatic carbocycles. The Bertz CT molecular complexity index is 1730. The van der Waals surface area contributed by atoms with Crippen LogP contribution >= 0.6 is 0 Å². The molecule has 41 heavy (non-hydrogen) atoms. The summed E-state index contributed by atoms with van der Waals surface area (Å²) in [5.74, 6) is -0.391. The fourth-order valence-corrected chi connectivity index (χ4v) is 4.03. The molecule has 0 unspecified atom stereocenters. The second-order valence-electron chi connectivity index (χ2n) is 8.76. The number of methoxy groups -OCH3 is 1. The molecule has 0 fully saturated rings. The lowest BCUT2D eigenvalue weighted by atomic mass is 10.2. The second-order valence-corrected chi connectivity index (χ2v) is 8.76. The van der Waals surface area contributed by atoms with Crippen LogP contribution in [0.5, 0.6) is 5.75 Å². The quantitative estimate of drug-likeness (QED) is 0.199. The third-order valence-electron chi connectivity index (χ3n) is 5.96. The van der Waals surface area contributed by atoms with Crippen LogP contribution in [0.1, 0.15) is 23.0 Å². The summed E-state index contributed by atoms with van der Waals surface area (Å²) in [6.07, 6.45) is 0. The number of rotatable bonds is 9. The molecule has 0 bridgehead atoms. The Labute approximate surface area is 232 Å². The highest BCUT2D eigenvalue weighted by Gasteiger charge is 2.29. The standard InChI is InChI=1S/C28H23N7O6/c1-17(36)30-23-24(26-31-28(41-33-26)19-11-13-20(14-12-19)35(38)39)32-34(21-9-6-10-22(15-21)40-2)25(23)27(37)29-16-18-7-4-3-5-8-18/h3-15H,16H2,1-2H3,(H,29,37)(H,30,36). The Balaban J connectivity index is 1.61. The van der Waals surface area contributed by atoms with Crippen molar-refractivity contribution in [2.24, 2.45) is 0 Å². The molecule has 0 spiro atoms. The molecule has 2 aromatic heterocycles. The average molecular weight is 554 g/mol. The van der Waals surface area contributed by atoms with Crippen molar-refractivity contribution in [3.05, 3.63) is 100 Å². The number of amides is 2. The highest BCUT2D eigenvalue weighted by Crippen LogP contribution is 2.33. The number of ether oxygens (including phenoxy) is 1. The maximum Gasteiger partial charge on any atom is 0.272 e. The van der Waals surface area contributed by atoms with Gasteiger partial charge in [-0.2, -0.15) is 10.1 Å². The van der Waals surface area contributed by atoms with Crippen molar-refractivity contribution in [3.8, 4) is 34.4 Å². The number of anilines is 1. The molecule has 206 valence electrons. The van der Waals surface area contributed by atoms with Gasteiger partial charge in [0, 0.05) is 37.2 Å². The van der Waals surface area contributed by atoms with Crippen molar-refractivity contribution in [1.29, 1.82) is 0 Å². The van der Waals surface area contributed by atoms with Gasteiger partial charge in [-0.3, -0.25) is 19.7 Å². The normalized spacial score (nSPS) is 10.7. The fourth-order valence-electron chi connectivity index (χ4n) is 4.03. The fraction of sp³-hybridized carbons (Fsp3) is 0.107. The first-order valence-corrected chi connectivity index (χ1v) is 12.3. The Morgan fingerprint density at radius 3 is 2.49 bits per heavy atom. The van der Waals surface area contributed by atoms with Crippen molar-refractivity contribution >= 4 is 23.2 Å². The van der Waals surface area contributed by atoms with Gasteiger partial charge in [0.05, 0.1) is 17.7 Å². The molecule has 0 radical (unpaired) electrons. The minimum atomic E-state index is -0.516. The zero-order valence-corrected chi connectivity index (χ0v) is 21.9. The Morgan fingerprint density at radius 1 is 1.05 bits per heavy atom. The molecule has 13 heteroatoms. The number of nitrogens with one attached hydrogen (secondary N) is 2. The van der Waals surface area contributed by atoms with E-state index in [0.29, 0.717) is 17.0 Å². The summed E-state index contributed by atoms with van der Waals surface area (Å²) in [5.41, 5.74) is 1.87. The van der Waals surface area contributed by atoms with E-state index in [1.165, 1.54) is 43.0 Å². The highest BCUT2D eigenvalue weighted by molar-refractivity contribution is 6.06. The van der Waals surface area contributed by atoms with Crippen molar-refractivity contribution in [2.45, 2.75) is 13.5 Å². The Hall–Kier alpha value is -5.85. The van der Waals surface area contributed by atoms with Gasteiger partial charge in [0.15, 0.2) is 11.4 Å². The van der Waals surface area contributed by atoms with Crippen LogP contribution in [-0.2, 0) is 11.3 Å². The molecule has 5 rings (SSSR count). The first-order chi connectivity index (χ1) is 19.8. The minimum absolute atomic E-state index is 0.0131. The third kappa shape index (κ3) is 5.78. The summed E-state index contributed by atoms with van der Waals surface area (Å²) in [5, 5.41) is 25.2. The van der Waals surface area contributed by atoms with Gasteiger partial charge in [0.2, 0.25) is 11.7 Å². The van der Waals surface area contributed by atoms with E-state index in [1.807, 2.05) is 30.3 Å². The third-order valence-corrected chi connectivity index (χ3v) is 5.96. The van der Waals surface area contributed by atoms with E-state index in [4.69, 9.17) is 9.26 Å². The molecule has 2 heterocycles. The van der Waals surface area contributed by atoms with Crippen LogP contribution in [0.25, 0.3) is 28.7 Å². The maximum atomic E-state index is 13.7. The van der Waals surface area contributed by atoms with E-state index in [1.54, 1.807) is 24.3 Å². The van der Waals surface area contributed by atoms with Crippen molar-refractivity contribution in [3.63, 3.8) is 0 Å². The number of nitro benzene ring substituents is 1. The molecular weight excluding hydrogens is 530 g/mol. The summed E-state index contributed by atoms with van der Waals surface area (Å²) in [6, 6.07) is 21.8. The molecule has 0 aliphatic rings. The minimum Gasteiger partial charge on any atom is -0.497 e. The van der Waals surface area contributed by atoms with Gasteiger partial charge < -0.3 is 19.9 Å². The summed E-state index contributed by atoms with van der Waals surface area (Å²) < 4.78 is 12.1. The van der Waals surface area contributed by atoms with Crippen LogP contribution < -0.4 is 15.4 Å². The van der Waals surface area contributed by atoms with Crippen molar-refractivity contribution < 1.29 is 23.8 Å². The largest absolute Gasteiger partial charge is 0.497 e. The van der Waals surface area contributed by atoms with Gasteiger partial charge in [0.25, 0.3) is 17.5 Å². The van der Waals surface area contributed by atoms with E-state index in [0.717, 1.165) is 5.56 Å². The molecular formula is C28H23N7O6. The number of aromatic nitrogens is 4. The van der Waals surface area contributed by atoms with E-state index in [2.05, 4.69) is 25.9 Å². The zero-order chi connectivity index (χ0) is 28.9. The average Bonchev–Trinajstić information content (AvgIpc) is 3.62. The van der Waals surface area contributed by atoms with Gasteiger partial charge >= 0.3 is 0 Å². The number of benzene rings is 3. The monoisotopic (exact) mass is 553 g/mol. The molecule has 0 saturated heterocycles. The van der Waals surface area contributed by atoms with Crippen molar-refractivity contribution in [2.75, 3.05) is 12.4 Å². The van der Waals surface area contributed by atoms with E-state index in [9.17, 15) is 19.7 Å². The molecule has 0 saturated carbocycles. The molecule has 0 atom stereocenters. The van der Waals surface area contributed by atoms with Gasteiger partial charge in [-0.15, -0.1) is 0 Å². The van der Waals surface area contributed by atoms with Crippen LogP contribution in [0.4, 0.5) is 11.4 Å². The smallest absolute Gasteiger partial charge is 0.272 e.